The lowest BCUT2D eigenvalue weighted by Crippen LogP contribution is -2.63. The van der Waals surface area contributed by atoms with Crippen LogP contribution in [0.25, 0.3) is 0 Å². The summed E-state index contributed by atoms with van der Waals surface area (Å²) in [6.45, 7) is 32.1. The Morgan fingerprint density at radius 1 is 0.500 bits per heavy atom. The van der Waals surface area contributed by atoms with Gasteiger partial charge in [0, 0.05) is 95.3 Å². The molecule has 1 aromatic rings. The molecule has 5 N–H and O–H groups in total. The molecule has 0 spiro atoms. The molecule has 1 aromatic carbocycles. The van der Waals surface area contributed by atoms with E-state index < -0.39 is 173 Å². The predicted molar refractivity (Wildman–Crippen MR) is 438 cm³/mol. The second-order valence-electron chi connectivity index (χ2n) is 32.7. The van der Waals surface area contributed by atoms with Gasteiger partial charge in [-0.3, -0.25) is 62.3 Å². The topological polar surface area (TPSA) is 382 Å². The van der Waals surface area contributed by atoms with Crippen molar-refractivity contribution in [3.8, 4) is 0 Å². The highest BCUT2D eigenvalue weighted by molar-refractivity contribution is 5.99. The normalized spacial score (nSPS) is 16.0. The Balaban J connectivity index is 2.44. The van der Waals surface area contributed by atoms with Crippen LogP contribution in [0.2, 0.25) is 0 Å². The molecular weight excluding hydrogens is 1500 g/mol. The Morgan fingerprint density at radius 3 is 1.48 bits per heavy atom. The van der Waals surface area contributed by atoms with E-state index in [1.807, 2.05) is 78.0 Å². The van der Waals surface area contributed by atoms with Crippen LogP contribution in [0.3, 0.4) is 0 Å². The number of nitrogens with zero attached hydrogens (tertiary/aromatic N) is 9. The number of allylic oxidation sites excluding steroid dienone is 2. The van der Waals surface area contributed by atoms with Crippen molar-refractivity contribution in [1.82, 2.24) is 70.7 Å². The molecule has 14 atom stereocenters. The molecule has 13 amide bonds. The molecule has 0 unspecified atom stereocenters. The van der Waals surface area contributed by atoms with Crippen LogP contribution in [0.4, 0.5) is 4.79 Å². The minimum Gasteiger partial charge on any atom is -0.462 e. The van der Waals surface area contributed by atoms with Crippen molar-refractivity contribution in [2.45, 2.75) is 243 Å². The number of esters is 2. The lowest BCUT2D eigenvalue weighted by Gasteiger charge is -2.42. The fourth-order valence-corrected chi connectivity index (χ4v) is 13.7. The zero-order chi connectivity index (χ0) is 88.6. The molecule has 33 heteroatoms. The average Bonchev–Trinajstić information content (AvgIpc) is 0.674. The maximum atomic E-state index is 15.4. The Kier molecular flexibility index (Phi) is 44.1. The van der Waals surface area contributed by atoms with Gasteiger partial charge < -0.3 is 89.6 Å². The van der Waals surface area contributed by atoms with Gasteiger partial charge in [-0.1, -0.05) is 132 Å². The fourth-order valence-electron chi connectivity index (χ4n) is 13.7. The molecule has 0 radical (unpaired) electrons. The van der Waals surface area contributed by atoms with Crippen LogP contribution in [-0.4, -0.2) is 315 Å². The number of rotatable bonds is 46. The number of amides is 13. The highest BCUT2D eigenvalue weighted by Gasteiger charge is 2.47. The van der Waals surface area contributed by atoms with Crippen molar-refractivity contribution in [2.75, 3.05) is 109 Å². The van der Waals surface area contributed by atoms with Crippen molar-refractivity contribution in [1.29, 1.82) is 0 Å². The van der Waals surface area contributed by atoms with E-state index in [-0.39, 0.29) is 114 Å². The Morgan fingerprint density at radius 2 is 0.983 bits per heavy atom. The highest BCUT2D eigenvalue weighted by Crippen LogP contribution is 2.27. The summed E-state index contributed by atoms with van der Waals surface area (Å²) in [6.07, 6.45) is 2.44. The number of ether oxygens (including phenoxy) is 4. The summed E-state index contributed by atoms with van der Waals surface area (Å²) in [7, 11) is 11.6. The van der Waals surface area contributed by atoms with Gasteiger partial charge in [0.2, 0.25) is 70.9 Å². The average molecular weight is 1640 g/mol. The molecular formula is C83H140N14O19. The van der Waals surface area contributed by atoms with Crippen LogP contribution in [0, 0.1) is 41.4 Å². The second kappa shape index (κ2) is 49.7. The third-order valence-corrected chi connectivity index (χ3v) is 21.0. The lowest BCUT2D eigenvalue weighted by atomic mass is 9.91. The molecule has 0 saturated carbocycles. The maximum absolute atomic E-state index is 15.4. The molecule has 1 saturated heterocycles. The zero-order valence-electron chi connectivity index (χ0n) is 74.2. The number of likely N-dealkylation sites (N-methyl/N-ethyl adjacent to an activating group) is 8. The van der Waals surface area contributed by atoms with Crippen molar-refractivity contribution < 1.29 is 90.9 Å². The first-order valence-corrected chi connectivity index (χ1v) is 40.6. The Labute approximate surface area is 688 Å². The number of carbonyl (C=O) groups is 15. The van der Waals surface area contributed by atoms with E-state index in [0.717, 1.165) is 17.4 Å². The van der Waals surface area contributed by atoms with Crippen molar-refractivity contribution >= 4 is 88.9 Å². The second-order valence-corrected chi connectivity index (χ2v) is 32.7. The molecule has 0 aliphatic carbocycles. The molecule has 1 aliphatic heterocycles. The quantitative estimate of drug-likeness (QED) is 0.0349. The van der Waals surface area contributed by atoms with E-state index >= 15 is 14.4 Å². The van der Waals surface area contributed by atoms with Gasteiger partial charge in [-0.05, 0) is 108 Å². The molecule has 656 valence electrons. The first-order chi connectivity index (χ1) is 54.1. The van der Waals surface area contributed by atoms with E-state index in [4.69, 9.17) is 18.9 Å². The van der Waals surface area contributed by atoms with Gasteiger partial charge in [-0.15, -0.1) is 0 Å². The Hall–Kier alpha value is -9.27. The molecule has 116 heavy (non-hydrogen) atoms. The summed E-state index contributed by atoms with van der Waals surface area (Å²) in [6, 6.07) is -4.37. The molecule has 1 fully saturated rings. The van der Waals surface area contributed by atoms with E-state index in [0.29, 0.717) is 6.42 Å². The van der Waals surface area contributed by atoms with Crippen LogP contribution in [0.5, 0.6) is 0 Å². The van der Waals surface area contributed by atoms with Gasteiger partial charge in [0.05, 0.1) is 19.2 Å². The molecule has 2 rings (SSSR count). The van der Waals surface area contributed by atoms with Crippen LogP contribution in [-0.2, 0) is 92.7 Å². The van der Waals surface area contributed by atoms with E-state index in [9.17, 15) is 57.5 Å². The summed E-state index contributed by atoms with van der Waals surface area (Å²) in [4.78, 5) is 224. The fraction of sp³-hybridized carbons (Fsp3) is 0.723. The van der Waals surface area contributed by atoms with Crippen molar-refractivity contribution in [3.05, 3.63) is 48.0 Å². The standard InChI is InChI=1S/C83H140N14O19/c1-28-30-34-54(13)71(116-60(19)99)70(75(104)87-62(29-2)82(111)114-42-41-89(21)59(18)98)95(27)81(110)68(53(11)12)93(25)79(108)65(45-51(7)8)92(24)78(107)64(44-50(5)6)91(23)77(106)58(17)86-72(101)56(15)85-73(102)63(43-49(3)4)90(22)80(109)67(52(9)10)88-74(103)69(94(26)76(105)57(16)84-20)55(14)46-113-48-66(100)96-37-39-97(40-38-96)83(112)115-47-61-35-32-31-33-36-61/h28,30-33,35-36,49-58,62-65,67-71,84H,29,34,37-48H2,1-27H3,(H,85,102)(H,86,101)(H,87,104)(H,88,103)/b30-28+/t54-,55-,56+,57+,58-,62+,63+,64+,65+,67-,68+,69-,70+,71-/m1/s1. The van der Waals surface area contributed by atoms with E-state index in [1.165, 1.54) is 104 Å². The summed E-state index contributed by atoms with van der Waals surface area (Å²) in [5, 5.41) is 13.8. The minimum absolute atomic E-state index is 0.0523. The molecule has 0 bridgehead atoms. The third-order valence-electron chi connectivity index (χ3n) is 21.0. The number of benzene rings is 1. The first-order valence-electron chi connectivity index (χ1n) is 40.6. The summed E-state index contributed by atoms with van der Waals surface area (Å²) >= 11 is 0. The van der Waals surface area contributed by atoms with Crippen LogP contribution >= 0.6 is 0 Å². The zero-order valence-corrected chi connectivity index (χ0v) is 74.2. The number of hydrogen-bond donors (Lipinski definition) is 5. The van der Waals surface area contributed by atoms with Crippen LogP contribution in [0.15, 0.2) is 42.5 Å². The minimum atomic E-state index is -1.58. The monoisotopic (exact) mass is 1640 g/mol. The van der Waals surface area contributed by atoms with E-state index in [1.54, 1.807) is 80.3 Å². The van der Waals surface area contributed by atoms with Gasteiger partial charge in [0.25, 0.3) is 0 Å². The van der Waals surface area contributed by atoms with Crippen molar-refractivity contribution in [2.24, 2.45) is 41.4 Å². The van der Waals surface area contributed by atoms with Gasteiger partial charge in [0.15, 0.2) is 0 Å². The number of carbonyl (C=O) groups excluding carboxylic acids is 15. The van der Waals surface area contributed by atoms with Gasteiger partial charge in [-0.25, -0.2) is 9.59 Å². The summed E-state index contributed by atoms with van der Waals surface area (Å²) < 4.78 is 22.7. The van der Waals surface area contributed by atoms with Gasteiger partial charge in [0.1, 0.15) is 86.3 Å². The largest absolute Gasteiger partial charge is 0.462 e. The summed E-state index contributed by atoms with van der Waals surface area (Å²) in [5.74, 6) is -12.3. The highest BCUT2D eigenvalue weighted by atomic mass is 16.6. The summed E-state index contributed by atoms with van der Waals surface area (Å²) in [5.41, 5.74) is 0.839. The third kappa shape index (κ3) is 31.3. The number of nitrogens with one attached hydrogen (secondary N) is 5. The Bertz CT molecular complexity index is 3460. The SMILES string of the molecule is C/C=C/C[C@@H](C)[C@@H](OC(C)=O)[C@@H](C(=O)N[C@@H](CC)C(=O)OCCN(C)C(C)=O)N(C)C(=O)[C@H](C(C)C)N(C)C(=O)[C@H](CC(C)C)N(C)C(=O)[C@H](CC(C)C)N(C)C(=O)[C@@H](C)NC(=O)[C@H](C)NC(=O)[C@H](CC(C)C)N(C)C(=O)[C@H](NC(=O)[C@@H]([C@H](C)COCC(=O)N1CCN(C(=O)OCc2ccccc2)CC1)N(C)C(=O)[C@H](C)NC)C(C)C. The number of hydrogen-bond acceptors (Lipinski definition) is 20. The van der Waals surface area contributed by atoms with Crippen LogP contribution in [0.1, 0.15) is 169 Å². The first kappa shape index (κ1) is 103. The lowest BCUT2D eigenvalue weighted by molar-refractivity contribution is -0.164. The number of piperazine rings is 1. The smallest absolute Gasteiger partial charge is 0.410 e. The molecule has 1 aliphatic rings. The predicted octanol–water partition coefficient (Wildman–Crippen LogP) is 4.08. The molecule has 1 heterocycles. The molecule has 33 nitrogen and oxygen atoms in total. The van der Waals surface area contributed by atoms with Gasteiger partial charge in [-0.2, -0.15) is 0 Å². The van der Waals surface area contributed by atoms with Gasteiger partial charge >= 0.3 is 18.0 Å². The van der Waals surface area contributed by atoms with Crippen LogP contribution < -0.4 is 26.6 Å². The maximum Gasteiger partial charge on any atom is 0.410 e. The molecule has 0 aromatic heterocycles. The van der Waals surface area contributed by atoms with E-state index in [2.05, 4.69) is 26.6 Å². The van der Waals surface area contributed by atoms with Crippen molar-refractivity contribution in [3.63, 3.8) is 0 Å².